The van der Waals surface area contributed by atoms with Crippen molar-refractivity contribution in [3.63, 3.8) is 0 Å². The van der Waals surface area contributed by atoms with E-state index in [0.29, 0.717) is 0 Å². The van der Waals surface area contributed by atoms with E-state index in [1.807, 2.05) is 24.3 Å². The maximum absolute atomic E-state index is 5.57. The average Bonchev–Trinajstić information content (AvgIpc) is 1.89. The molecule has 1 aromatic carbocycles. The second kappa shape index (κ2) is 2.60. The van der Waals surface area contributed by atoms with Gasteiger partial charge in [0.05, 0.1) is 5.69 Å². The summed E-state index contributed by atoms with van der Waals surface area (Å²) >= 11 is 1.42. The molecule has 0 fully saturated rings. The van der Waals surface area contributed by atoms with Gasteiger partial charge in [-0.1, -0.05) is 12.1 Å². The summed E-state index contributed by atoms with van der Waals surface area (Å²) < 4.78 is 0. The number of rotatable bonds is 1. The SMILES string of the molecule is C=[S+]c1ccccc1N. The molecule has 1 aromatic rings. The van der Waals surface area contributed by atoms with Crippen molar-refractivity contribution in [1.29, 1.82) is 0 Å². The molecule has 0 aliphatic rings. The van der Waals surface area contributed by atoms with Crippen LogP contribution in [0.2, 0.25) is 0 Å². The Balaban J connectivity index is 3.15. The number of hydrogen-bond acceptors (Lipinski definition) is 1. The van der Waals surface area contributed by atoms with E-state index in [4.69, 9.17) is 5.73 Å². The van der Waals surface area contributed by atoms with Crippen molar-refractivity contribution < 1.29 is 0 Å². The van der Waals surface area contributed by atoms with E-state index in [1.165, 1.54) is 11.4 Å². The van der Waals surface area contributed by atoms with Crippen LogP contribution in [-0.4, -0.2) is 5.87 Å². The number of benzene rings is 1. The predicted molar refractivity (Wildman–Crippen MR) is 43.6 cm³/mol. The van der Waals surface area contributed by atoms with E-state index < -0.39 is 0 Å². The summed E-state index contributed by atoms with van der Waals surface area (Å²) in [5.41, 5.74) is 6.37. The molecule has 0 unspecified atom stereocenters. The third-order valence-electron chi connectivity index (χ3n) is 1.07. The van der Waals surface area contributed by atoms with E-state index in [1.54, 1.807) is 0 Å². The van der Waals surface area contributed by atoms with Crippen molar-refractivity contribution in [1.82, 2.24) is 0 Å². The molecule has 0 radical (unpaired) electrons. The van der Waals surface area contributed by atoms with Gasteiger partial charge in [-0.05, 0) is 6.07 Å². The molecule has 0 amide bonds. The lowest BCUT2D eigenvalue weighted by Gasteiger charge is -1.85. The Morgan fingerprint density at radius 3 is 2.44 bits per heavy atom. The largest absolute Gasteiger partial charge is 0.394 e. The quantitative estimate of drug-likeness (QED) is 0.351. The van der Waals surface area contributed by atoms with Gasteiger partial charge in [-0.3, -0.25) is 0 Å². The molecule has 0 bridgehead atoms. The van der Waals surface area contributed by atoms with E-state index in [2.05, 4.69) is 5.87 Å². The Kier molecular flexibility index (Phi) is 1.80. The van der Waals surface area contributed by atoms with E-state index >= 15 is 0 Å². The maximum atomic E-state index is 5.57. The molecule has 0 atom stereocenters. The Morgan fingerprint density at radius 2 is 2.00 bits per heavy atom. The Bertz CT molecular complexity index is 220. The minimum absolute atomic E-state index is 0.803. The minimum Gasteiger partial charge on any atom is -0.394 e. The molecule has 0 aliphatic carbocycles. The Hall–Kier alpha value is -0.890. The van der Waals surface area contributed by atoms with Gasteiger partial charge in [-0.2, -0.15) is 0 Å². The molecular weight excluding hydrogens is 130 g/mol. The lowest BCUT2D eigenvalue weighted by atomic mass is 10.3. The molecule has 0 heterocycles. The van der Waals surface area contributed by atoms with Gasteiger partial charge >= 0.3 is 0 Å². The summed E-state index contributed by atoms with van der Waals surface area (Å²) in [6.45, 7) is 0. The van der Waals surface area contributed by atoms with Crippen molar-refractivity contribution >= 4 is 22.9 Å². The lowest BCUT2D eigenvalue weighted by Crippen LogP contribution is -1.87. The van der Waals surface area contributed by atoms with Gasteiger partial charge in [-0.25, -0.2) is 0 Å². The van der Waals surface area contributed by atoms with E-state index in [0.717, 1.165) is 10.6 Å². The third kappa shape index (κ3) is 1.27. The lowest BCUT2D eigenvalue weighted by molar-refractivity contribution is 1.47. The molecule has 2 N–H and O–H groups in total. The Labute approximate surface area is 58.5 Å². The fourth-order valence-electron chi connectivity index (χ4n) is 0.612. The Morgan fingerprint density at radius 1 is 1.33 bits per heavy atom. The topological polar surface area (TPSA) is 26.0 Å². The van der Waals surface area contributed by atoms with Crippen molar-refractivity contribution in [2.75, 3.05) is 5.73 Å². The van der Waals surface area contributed by atoms with Crippen LogP contribution in [-0.2, 0) is 11.4 Å². The first-order chi connectivity index (χ1) is 4.34. The van der Waals surface area contributed by atoms with Crippen LogP contribution in [0.1, 0.15) is 0 Å². The average molecular weight is 138 g/mol. The summed E-state index contributed by atoms with van der Waals surface area (Å²) in [5, 5.41) is 0. The number of anilines is 1. The first kappa shape index (κ1) is 6.23. The zero-order valence-corrected chi connectivity index (χ0v) is 5.82. The van der Waals surface area contributed by atoms with Crippen molar-refractivity contribution in [2.45, 2.75) is 4.90 Å². The van der Waals surface area contributed by atoms with Gasteiger partial charge in [0.2, 0.25) is 11.4 Å². The molecule has 0 spiro atoms. The summed E-state index contributed by atoms with van der Waals surface area (Å²) in [5.74, 6) is 3.65. The number of para-hydroxylation sites is 1. The highest BCUT2D eigenvalue weighted by Crippen LogP contribution is 2.08. The smallest absolute Gasteiger partial charge is 0.252 e. The molecule has 9 heavy (non-hydrogen) atoms. The summed E-state index contributed by atoms with van der Waals surface area (Å²) in [7, 11) is 0. The predicted octanol–water partition coefficient (Wildman–Crippen LogP) is 1.14. The van der Waals surface area contributed by atoms with Crippen LogP contribution >= 0.6 is 0 Å². The second-order valence-corrected chi connectivity index (χ2v) is 2.41. The standard InChI is InChI=1S/C7H8NS/c1-9-7-5-3-2-4-6(7)8/h2-5H,1,8H2/q+1. The van der Waals surface area contributed by atoms with Crippen LogP contribution in [0, 0.1) is 0 Å². The van der Waals surface area contributed by atoms with Gasteiger partial charge in [-0.15, -0.1) is 0 Å². The molecule has 0 aliphatic heterocycles. The number of nitrogens with two attached hydrogens (primary N) is 1. The number of nitrogen functional groups attached to an aromatic ring is 1. The highest BCUT2D eigenvalue weighted by atomic mass is 32.1. The molecule has 1 nitrogen and oxygen atoms in total. The van der Waals surface area contributed by atoms with Crippen molar-refractivity contribution in [3.05, 3.63) is 24.3 Å². The van der Waals surface area contributed by atoms with Crippen LogP contribution in [0.3, 0.4) is 0 Å². The maximum Gasteiger partial charge on any atom is 0.252 e. The fraction of sp³-hybridized carbons (Fsp3) is 0. The molecular formula is C7H8NS+. The normalized spacial score (nSPS) is 8.89. The highest BCUT2D eigenvalue weighted by Gasteiger charge is 2.01. The first-order valence-electron chi connectivity index (χ1n) is 2.61. The van der Waals surface area contributed by atoms with Crippen LogP contribution in [0.15, 0.2) is 29.2 Å². The third-order valence-corrected chi connectivity index (χ3v) is 1.76. The molecule has 0 saturated heterocycles. The van der Waals surface area contributed by atoms with Gasteiger partial charge in [0, 0.05) is 6.07 Å². The summed E-state index contributed by atoms with van der Waals surface area (Å²) in [4.78, 5) is 1.04. The zero-order valence-electron chi connectivity index (χ0n) is 5.00. The highest BCUT2D eigenvalue weighted by molar-refractivity contribution is 7.76. The van der Waals surface area contributed by atoms with Gasteiger partial charge in [0.15, 0.2) is 5.87 Å². The van der Waals surface area contributed by atoms with Crippen LogP contribution in [0.25, 0.3) is 0 Å². The van der Waals surface area contributed by atoms with Gasteiger partial charge in [0.1, 0.15) is 0 Å². The van der Waals surface area contributed by atoms with Crippen LogP contribution in [0.5, 0.6) is 0 Å². The fourth-order valence-corrected chi connectivity index (χ4v) is 1.02. The first-order valence-corrected chi connectivity index (χ1v) is 3.59. The van der Waals surface area contributed by atoms with E-state index in [9.17, 15) is 0 Å². The summed E-state index contributed by atoms with van der Waals surface area (Å²) in [6, 6.07) is 7.68. The molecule has 0 aromatic heterocycles. The monoisotopic (exact) mass is 138 g/mol. The number of hydrogen-bond donors (Lipinski definition) is 1. The second-order valence-electron chi connectivity index (χ2n) is 1.68. The van der Waals surface area contributed by atoms with Crippen LogP contribution in [0.4, 0.5) is 5.69 Å². The van der Waals surface area contributed by atoms with Gasteiger partial charge in [0.25, 0.3) is 4.90 Å². The molecule has 46 valence electrons. The van der Waals surface area contributed by atoms with Crippen molar-refractivity contribution in [2.24, 2.45) is 0 Å². The zero-order chi connectivity index (χ0) is 6.69. The molecule has 1 rings (SSSR count). The minimum atomic E-state index is 0.803. The molecule has 2 heteroatoms. The van der Waals surface area contributed by atoms with Crippen LogP contribution < -0.4 is 5.73 Å². The van der Waals surface area contributed by atoms with Crippen molar-refractivity contribution in [3.8, 4) is 0 Å². The van der Waals surface area contributed by atoms with Gasteiger partial charge < -0.3 is 5.73 Å². The van der Waals surface area contributed by atoms with E-state index in [-0.39, 0.29) is 0 Å². The molecule has 0 saturated carbocycles. The summed E-state index contributed by atoms with van der Waals surface area (Å²) in [6.07, 6.45) is 0.